The summed E-state index contributed by atoms with van der Waals surface area (Å²) in [7, 11) is 0. The molecule has 0 fully saturated rings. The number of aryl methyl sites for hydroxylation is 3. The first-order valence-electron chi connectivity index (χ1n) is 10.1. The van der Waals surface area contributed by atoms with E-state index in [0.29, 0.717) is 10.0 Å². The molecule has 5 nitrogen and oxygen atoms in total. The second-order valence-corrected chi connectivity index (χ2v) is 9.71. The van der Waals surface area contributed by atoms with Crippen molar-refractivity contribution >= 4 is 51.0 Å². The Morgan fingerprint density at radius 1 is 1.16 bits per heavy atom. The predicted octanol–water partition coefficient (Wildman–Crippen LogP) is 5.93. The summed E-state index contributed by atoms with van der Waals surface area (Å²) >= 11 is 14.1. The number of benzene rings is 1. The minimum absolute atomic E-state index is 0.102. The minimum atomic E-state index is -0.102. The summed E-state index contributed by atoms with van der Waals surface area (Å²) in [5.74, 6) is 0. The van der Waals surface area contributed by atoms with Gasteiger partial charge in [-0.2, -0.15) is 9.78 Å². The summed E-state index contributed by atoms with van der Waals surface area (Å²) in [6.07, 6.45) is 7.51. The van der Waals surface area contributed by atoms with Crippen molar-refractivity contribution in [1.82, 2.24) is 14.2 Å². The van der Waals surface area contributed by atoms with Gasteiger partial charge >= 0.3 is 0 Å². The zero-order chi connectivity index (χ0) is 21.7. The fraction of sp³-hybridized carbons (Fsp3) is 0.261. The molecule has 1 aromatic carbocycles. The molecule has 31 heavy (non-hydrogen) atoms. The topological polar surface area (TPSA) is 52.2 Å². The SMILES string of the molecule is Cc1cc(/C=N/n2cnc3sc4c(c3c2=O)CCCC4)c(C)n1-c1ccc(Cl)cc1Cl. The predicted molar refractivity (Wildman–Crippen MR) is 129 cm³/mol. The lowest BCUT2D eigenvalue weighted by molar-refractivity contribution is 0.699. The summed E-state index contributed by atoms with van der Waals surface area (Å²) in [5.41, 5.74) is 4.81. The van der Waals surface area contributed by atoms with Crippen LogP contribution in [0.4, 0.5) is 0 Å². The monoisotopic (exact) mass is 470 g/mol. The number of fused-ring (bicyclic) bond motifs is 3. The van der Waals surface area contributed by atoms with Crippen molar-refractivity contribution in [2.75, 3.05) is 0 Å². The Morgan fingerprint density at radius 3 is 2.77 bits per heavy atom. The summed E-state index contributed by atoms with van der Waals surface area (Å²) in [6, 6.07) is 7.46. The van der Waals surface area contributed by atoms with Crippen molar-refractivity contribution in [3.8, 4) is 5.69 Å². The molecular formula is C23H20Cl2N4OS. The maximum absolute atomic E-state index is 13.1. The molecule has 0 N–H and O–H groups in total. The van der Waals surface area contributed by atoms with Crippen LogP contribution in [0.25, 0.3) is 15.9 Å². The van der Waals surface area contributed by atoms with Crippen molar-refractivity contribution in [2.24, 2.45) is 5.10 Å². The van der Waals surface area contributed by atoms with E-state index in [1.54, 1.807) is 23.6 Å². The third-order valence-corrected chi connectivity index (χ3v) is 7.54. The van der Waals surface area contributed by atoms with Crippen LogP contribution in [0.3, 0.4) is 0 Å². The average Bonchev–Trinajstić information content (AvgIpc) is 3.25. The highest BCUT2D eigenvalue weighted by Gasteiger charge is 2.20. The first-order chi connectivity index (χ1) is 14.9. The Kier molecular flexibility index (Phi) is 5.24. The van der Waals surface area contributed by atoms with Gasteiger partial charge < -0.3 is 4.57 Å². The van der Waals surface area contributed by atoms with Crippen LogP contribution < -0.4 is 5.56 Å². The second-order valence-electron chi connectivity index (χ2n) is 7.79. The molecule has 0 radical (unpaired) electrons. The molecule has 0 saturated heterocycles. The lowest BCUT2D eigenvalue weighted by Crippen LogP contribution is -2.18. The smallest absolute Gasteiger partial charge is 0.282 e. The first-order valence-corrected chi connectivity index (χ1v) is 11.7. The van der Waals surface area contributed by atoms with E-state index in [1.807, 2.05) is 32.0 Å². The van der Waals surface area contributed by atoms with E-state index in [0.717, 1.165) is 52.1 Å². The minimum Gasteiger partial charge on any atom is -0.316 e. The van der Waals surface area contributed by atoms with Crippen molar-refractivity contribution in [1.29, 1.82) is 0 Å². The number of hydrogen-bond donors (Lipinski definition) is 0. The van der Waals surface area contributed by atoms with Crippen molar-refractivity contribution < 1.29 is 0 Å². The van der Waals surface area contributed by atoms with Gasteiger partial charge in [0.05, 0.1) is 22.3 Å². The van der Waals surface area contributed by atoms with E-state index in [9.17, 15) is 4.79 Å². The zero-order valence-corrected chi connectivity index (χ0v) is 19.5. The van der Waals surface area contributed by atoms with Crippen LogP contribution in [-0.4, -0.2) is 20.4 Å². The lowest BCUT2D eigenvalue weighted by atomic mass is 9.97. The summed E-state index contributed by atoms with van der Waals surface area (Å²) in [4.78, 5) is 19.7. The first kappa shape index (κ1) is 20.5. The van der Waals surface area contributed by atoms with Gasteiger partial charge in [-0.25, -0.2) is 4.98 Å². The van der Waals surface area contributed by atoms with E-state index >= 15 is 0 Å². The van der Waals surface area contributed by atoms with Crippen LogP contribution in [0, 0.1) is 13.8 Å². The number of rotatable bonds is 3. The Bertz CT molecular complexity index is 1410. The Balaban J connectivity index is 1.55. The zero-order valence-electron chi connectivity index (χ0n) is 17.2. The van der Waals surface area contributed by atoms with Gasteiger partial charge in [0.1, 0.15) is 11.2 Å². The Hall–Kier alpha value is -2.41. The highest BCUT2D eigenvalue weighted by Crippen LogP contribution is 2.33. The van der Waals surface area contributed by atoms with Gasteiger partial charge in [0.2, 0.25) is 0 Å². The molecule has 0 aliphatic heterocycles. The van der Waals surface area contributed by atoms with E-state index in [-0.39, 0.29) is 5.56 Å². The quantitative estimate of drug-likeness (QED) is 0.348. The molecule has 158 valence electrons. The van der Waals surface area contributed by atoms with Gasteiger partial charge in [0, 0.05) is 26.9 Å². The van der Waals surface area contributed by atoms with Gasteiger partial charge in [0.25, 0.3) is 5.56 Å². The molecule has 3 aromatic heterocycles. The maximum Gasteiger partial charge on any atom is 0.282 e. The summed E-state index contributed by atoms with van der Waals surface area (Å²) in [6.45, 7) is 4.01. The van der Waals surface area contributed by atoms with Crippen LogP contribution in [0.1, 0.15) is 40.2 Å². The molecule has 1 aliphatic rings. The molecule has 8 heteroatoms. The van der Waals surface area contributed by atoms with Crippen molar-refractivity contribution in [3.63, 3.8) is 0 Å². The van der Waals surface area contributed by atoms with Crippen LogP contribution in [0.5, 0.6) is 0 Å². The summed E-state index contributed by atoms with van der Waals surface area (Å²) < 4.78 is 3.39. The van der Waals surface area contributed by atoms with Gasteiger partial charge in [-0.15, -0.1) is 11.3 Å². The van der Waals surface area contributed by atoms with Crippen molar-refractivity contribution in [3.05, 3.63) is 78.4 Å². The van der Waals surface area contributed by atoms with Gasteiger partial charge in [-0.1, -0.05) is 23.2 Å². The molecule has 0 unspecified atom stereocenters. The van der Waals surface area contributed by atoms with Crippen LogP contribution >= 0.6 is 34.5 Å². The molecule has 4 aromatic rings. The van der Waals surface area contributed by atoms with Crippen molar-refractivity contribution in [2.45, 2.75) is 39.5 Å². The molecular weight excluding hydrogens is 451 g/mol. The largest absolute Gasteiger partial charge is 0.316 e. The highest BCUT2D eigenvalue weighted by molar-refractivity contribution is 7.18. The van der Waals surface area contributed by atoms with E-state index in [1.165, 1.54) is 27.9 Å². The number of hydrogen-bond acceptors (Lipinski definition) is 4. The van der Waals surface area contributed by atoms with Crippen LogP contribution in [-0.2, 0) is 12.8 Å². The molecule has 5 rings (SSSR count). The normalized spacial score (nSPS) is 13.9. The van der Waals surface area contributed by atoms with E-state index in [2.05, 4.69) is 14.7 Å². The Morgan fingerprint density at radius 2 is 1.97 bits per heavy atom. The van der Waals surface area contributed by atoms with Gasteiger partial charge in [0.15, 0.2) is 0 Å². The third kappa shape index (κ3) is 3.53. The van der Waals surface area contributed by atoms with Gasteiger partial charge in [-0.05, 0) is 69.4 Å². The summed E-state index contributed by atoms with van der Waals surface area (Å²) in [5, 5.41) is 6.36. The molecule has 1 aliphatic carbocycles. The van der Waals surface area contributed by atoms with Crippen LogP contribution in [0.2, 0.25) is 10.0 Å². The Labute approximate surface area is 193 Å². The fourth-order valence-corrected chi connectivity index (χ4v) is 6.01. The van der Waals surface area contributed by atoms with Gasteiger partial charge in [-0.3, -0.25) is 4.79 Å². The van der Waals surface area contributed by atoms with E-state index < -0.39 is 0 Å². The molecule has 0 amide bonds. The highest BCUT2D eigenvalue weighted by atomic mass is 35.5. The molecule has 0 saturated carbocycles. The molecule has 0 bridgehead atoms. The third-order valence-electron chi connectivity index (χ3n) is 5.80. The lowest BCUT2D eigenvalue weighted by Gasteiger charge is -2.11. The molecule has 0 atom stereocenters. The maximum atomic E-state index is 13.1. The number of halogens is 2. The number of nitrogens with zero attached hydrogens (tertiary/aromatic N) is 4. The van der Waals surface area contributed by atoms with Crippen LogP contribution in [0.15, 0.2) is 40.5 Å². The fourth-order valence-electron chi connectivity index (χ4n) is 4.30. The number of thiophene rings is 1. The molecule has 0 spiro atoms. The number of aromatic nitrogens is 3. The standard InChI is InChI=1S/C23H20Cl2N4OS/c1-13-9-15(14(2)29(13)19-8-7-16(24)10-18(19)25)11-27-28-12-26-22-21(23(28)30)17-5-3-4-6-20(17)31-22/h7-12H,3-6H2,1-2H3/b27-11+. The van der Waals surface area contributed by atoms with E-state index in [4.69, 9.17) is 23.2 Å². The average molecular weight is 471 g/mol. The second kappa shape index (κ2) is 7.93. The molecule has 3 heterocycles.